The maximum absolute atomic E-state index is 12.4. The number of thiazole rings is 1. The van der Waals surface area contributed by atoms with Gasteiger partial charge in [-0.05, 0) is 42.6 Å². The number of benzene rings is 1. The van der Waals surface area contributed by atoms with Crippen molar-refractivity contribution in [1.29, 1.82) is 5.26 Å². The topological polar surface area (TPSA) is 121 Å². The standard InChI is InChI=1S/C20H15N5O3S3/c1-13-9-19(24-28-13)25-31(26,27)16-6-4-15(5-7-16)22-11-14(10-21)20-23-17(12-30-20)18-3-2-8-29-18/h2-9,11-12,22H,1H3,(H,24,25)/b14-11-. The molecule has 3 aromatic heterocycles. The van der Waals surface area contributed by atoms with E-state index in [0.29, 0.717) is 22.0 Å². The van der Waals surface area contributed by atoms with Crippen molar-refractivity contribution in [1.82, 2.24) is 10.1 Å². The Morgan fingerprint density at radius 1 is 1.23 bits per heavy atom. The summed E-state index contributed by atoms with van der Waals surface area (Å²) in [5.74, 6) is 0.617. The zero-order valence-electron chi connectivity index (χ0n) is 16.1. The molecule has 4 rings (SSSR count). The first kappa shape index (κ1) is 20.8. The van der Waals surface area contributed by atoms with E-state index in [9.17, 15) is 13.7 Å². The molecule has 0 saturated carbocycles. The van der Waals surface area contributed by atoms with E-state index >= 15 is 0 Å². The van der Waals surface area contributed by atoms with Gasteiger partial charge in [-0.15, -0.1) is 22.7 Å². The third-order valence-electron chi connectivity index (χ3n) is 4.04. The lowest BCUT2D eigenvalue weighted by Gasteiger charge is -2.06. The van der Waals surface area contributed by atoms with Gasteiger partial charge in [0, 0.05) is 23.3 Å². The molecular weight excluding hydrogens is 454 g/mol. The van der Waals surface area contributed by atoms with Gasteiger partial charge in [0.2, 0.25) is 0 Å². The van der Waals surface area contributed by atoms with Crippen LogP contribution < -0.4 is 10.0 Å². The highest BCUT2D eigenvalue weighted by Gasteiger charge is 2.16. The first-order valence-corrected chi connectivity index (χ1v) is 12.1. The van der Waals surface area contributed by atoms with Crippen LogP contribution in [0.15, 0.2) is 68.8 Å². The summed E-state index contributed by atoms with van der Waals surface area (Å²) in [5, 5.41) is 20.6. The second kappa shape index (κ2) is 8.73. The molecule has 0 radical (unpaired) electrons. The Morgan fingerprint density at radius 2 is 2.03 bits per heavy atom. The molecule has 0 amide bonds. The minimum Gasteiger partial charge on any atom is -0.360 e. The summed E-state index contributed by atoms with van der Waals surface area (Å²) in [6, 6.07) is 13.7. The Balaban J connectivity index is 1.47. The number of allylic oxidation sites excluding steroid dienone is 1. The molecule has 0 bridgehead atoms. The molecule has 0 spiro atoms. The van der Waals surface area contributed by atoms with E-state index < -0.39 is 10.0 Å². The number of sulfonamides is 1. The van der Waals surface area contributed by atoms with Crippen molar-refractivity contribution in [2.45, 2.75) is 11.8 Å². The number of rotatable bonds is 7. The summed E-state index contributed by atoms with van der Waals surface area (Å²) in [4.78, 5) is 5.63. The van der Waals surface area contributed by atoms with Crippen LogP contribution in [0.5, 0.6) is 0 Å². The number of hydrogen-bond donors (Lipinski definition) is 2. The van der Waals surface area contributed by atoms with Crippen molar-refractivity contribution in [2.24, 2.45) is 0 Å². The number of thiophene rings is 1. The minimum atomic E-state index is -3.79. The zero-order chi connectivity index (χ0) is 21.8. The third kappa shape index (κ3) is 4.83. The van der Waals surface area contributed by atoms with Gasteiger partial charge >= 0.3 is 0 Å². The Hall–Kier alpha value is -3.46. The van der Waals surface area contributed by atoms with E-state index in [1.165, 1.54) is 29.5 Å². The molecule has 0 fully saturated rings. The van der Waals surface area contributed by atoms with E-state index in [1.54, 1.807) is 36.6 Å². The molecule has 3 heterocycles. The fourth-order valence-corrected chi connectivity index (χ4v) is 5.10. The smallest absolute Gasteiger partial charge is 0.263 e. The first-order valence-electron chi connectivity index (χ1n) is 8.87. The second-order valence-electron chi connectivity index (χ2n) is 6.28. The highest BCUT2D eigenvalue weighted by atomic mass is 32.2. The van der Waals surface area contributed by atoms with E-state index in [1.807, 2.05) is 22.9 Å². The normalized spacial score (nSPS) is 11.8. The van der Waals surface area contributed by atoms with Gasteiger partial charge in [0.25, 0.3) is 10.0 Å². The molecule has 0 unspecified atom stereocenters. The molecule has 156 valence electrons. The largest absolute Gasteiger partial charge is 0.360 e. The summed E-state index contributed by atoms with van der Waals surface area (Å²) < 4.78 is 32.1. The second-order valence-corrected chi connectivity index (χ2v) is 9.77. The molecule has 11 heteroatoms. The van der Waals surface area contributed by atoms with Crippen LogP contribution in [0.1, 0.15) is 10.8 Å². The zero-order valence-corrected chi connectivity index (χ0v) is 18.5. The summed E-state index contributed by atoms with van der Waals surface area (Å²) in [7, 11) is -3.79. The van der Waals surface area contributed by atoms with Crippen LogP contribution >= 0.6 is 22.7 Å². The van der Waals surface area contributed by atoms with E-state index in [4.69, 9.17) is 4.52 Å². The van der Waals surface area contributed by atoms with Crippen LogP contribution in [0.3, 0.4) is 0 Å². The van der Waals surface area contributed by atoms with Crippen molar-refractivity contribution >= 4 is 49.8 Å². The van der Waals surface area contributed by atoms with Gasteiger partial charge in [0.15, 0.2) is 5.82 Å². The molecule has 1 aromatic carbocycles. The molecule has 0 aliphatic carbocycles. The predicted octanol–water partition coefficient (Wildman–Crippen LogP) is 4.95. The summed E-state index contributed by atoms with van der Waals surface area (Å²) in [6.07, 6.45) is 1.55. The predicted molar refractivity (Wildman–Crippen MR) is 121 cm³/mol. The van der Waals surface area contributed by atoms with E-state index in [0.717, 1.165) is 10.6 Å². The van der Waals surface area contributed by atoms with Gasteiger partial charge in [-0.2, -0.15) is 5.26 Å². The average molecular weight is 470 g/mol. The van der Waals surface area contributed by atoms with Crippen molar-refractivity contribution < 1.29 is 12.9 Å². The molecule has 0 aliphatic heterocycles. The van der Waals surface area contributed by atoms with Gasteiger partial charge in [0.1, 0.15) is 22.4 Å². The highest BCUT2D eigenvalue weighted by molar-refractivity contribution is 7.92. The van der Waals surface area contributed by atoms with Gasteiger partial charge in [-0.3, -0.25) is 4.72 Å². The van der Waals surface area contributed by atoms with Crippen LogP contribution in [0.4, 0.5) is 11.5 Å². The Labute approximate surface area is 186 Å². The average Bonchev–Trinajstić information content (AvgIpc) is 3.51. The first-order chi connectivity index (χ1) is 14.9. The fourth-order valence-electron chi connectivity index (χ4n) is 2.57. The molecule has 0 aliphatic rings. The number of nitriles is 1. The highest BCUT2D eigenvalue weighted by Crippen LogP contribution is 2.29. The Morgan fingerprint density at radius 3 is 2.68 bits per heavy atom. The number of hydrogen-bond acceptors (Lipinski definition) is 9. The lowest BCUT2D eigenvalue weighted by molar-refractivity contribution is 0.400. The lowest BCUT2D eigenvalue weighted by Crippen LogP contribution is -2.13. The molecule has 2 N–H and O–H groups in total. The molecular formula is C20H15N5O3S3. The SMILES string of the molecule is Cc1cc(NS(=O)(=O)c2ccc(N/C=C(/C#N)c3nc(-c4cccs4)cs3)cc2)no1. The molecule has 0 saturated heterocycles. The van der Waals surface area contributed by atoms with E-state index in [-0.39, 0.29) is 10.7 Å². The number of nitrogens with zero attached hydrogens (tertiary/aromatic N) is 3. The maximum atomic E-state index is 12.4. The fraction of sp³-hybridized carbons (Fsp3) is 0.0500. The molecule has 8 nitrogen and oxygen atoms in total. The molecule has 0 atom stereocenters. The monoisotopic (exact) mass is 469 g/mol. The van der Waals surface area contributed by atoms with Gasteiger partial charge in [-0.1, -0.05) is 11.2 Å². The van der Waals surface area contributed by atoms with Crippen LogP contribution in [0.25, 0.3) is 16.1 Å². The van der Waals surface area contributed by atoms with Crippen molar-refractivity contribution in [3.8, 4) is 16.6 Å². The van der Waals surface area contributed by atoms with Crippen LogP contribution in [0, 0.1) is 18.3 Å². The van der Waals surface area contributed by atoms with Gasteiger partial charge < -0.3 is 9.84 Å². The van der Waals surface area contributed by atoms with Gasteiger partial charge in [-0.25, -0.2) is 13.4 Å². The maximum Gasteiger partial charge on any atom is 0.263 e. The summed E-state index contributed by atoms with van der Waals surface area (Å²) >= 11 is 2.97. The lowest BCUT2D eigenvalue weighted by atomic mass is 10.3. The number of nitrogens with one attached hydrogen (secondary N) is 2. The summed E-state index contributed by atoms with van der Waals surface area (Å²) in [6.45, 7) is 1.67. The van der Waals surface area contributed by atoms with Crippen molar-refractivity contribution in [2.75, 3.05) is 10.0 Å². The van der Waals surface area contributed by atoms with Crippen molar-refractivity contribution in [3.63, 3.8) is 0 Å². The van der Waals surface area contributed by atoms with Crippen LogP contribution in [-0.2, 0) is 10.0 Å². The summed E-state index contributed by atoms with van der Waals surface area (Å²) in [5.41, 5.74) is 1.84. The Bertz CT molecular complexity index is 1360. The van der Waals surface area contributed by atoms with Crippen LogP contribution in [-0.4, -0.2) is 18.6 Å². The van der Waals surface area contributed by atoms with Gasteiger partial charge in [0.05, 0.1) is 15.5 Å². The number of aromatic nitrogens is 2. The number of anilines is 2. The van der Waals surface area contributed by atoms with E-state index in [2.05, 4.69) is 26.2 Å². The minimum absolute atomic E-state index is 0.0729. The third-order valence-corrected chi connectivity index (χ3v) is 7.18. The Kier molecular flexibility index (Phi) is 5.85. The van der Waals surface area contributed by atoms with Crippen LogP contribution in [0.2, 0.25) is 0 Å². The number of aryl methyl sites for hydroxylation is 1. The molecule has 31 heavy (non-hydrogen) atoms. The van der Waals surface area contributed by atoms with Crippen molar-refractivity contribution in [3.05, 3.63) is 70.2 Å². The quantitative estimate of drug-likeness (QED) is 0.368. The molecule has 4 aromatic rings.